The molecule has 0 saturated carbocycles. The van der Waals surface area contributed by atoms with Crippen molar-refractivity contribution in [2.75, 3.05) is 6.54 Å². The Hall–Kier alpha value is -3.25. The van der Waals surface area contributed by atoms with Gasteiger partial charge in [-0.2, -0.15) is 0 Å². The minimum Gasteiger partial charge on any atom is -0.477 e. The van der Waals surface area contributed by atoms with Gasteiger partial charge in [-0.3, -0.25) is 0 Å². The summed E-state index contributed by atoms with van der Waals surface area (Å²) >= 11 is 0. The number of carboxylic acid groups (broad SMARTS) is 1. The zero-order valence-corrected chi connectivity index (χ0v) is 14.0. The van der Waals surface area contributed by atoms with Crippen molar-refractivity contribution in [2.45, 2.75) is 18.4 Å². The van der Waals surface area contributed by atoms with Gasteiger partial charge in [0.15, 0.2) is 5.96 Å². The number of pyridine rings is 1. The van der Waals surface area contributed by atoms with Crippen LogP contribution in [-0.2, 0) is 0 Å². The van der Waals surface area contributed by atoms with Crippen LogP contribution in [0.15, 0.2) is 17.3 Å². The molecule has 116 valence electrons. The van der Waals surface area contributed by atoms with Gasteiger partial charge in [0.2, 0.25) is 0 Å². The van der Waals surface area contributed by atoms with Crippen molar-refractivity contribution in [2.24, 2.45) is 10.7 Å². The van der Waals surface area contributed by atoms with Gasteiger partial charge in [-0.15, -0.1) is 0 Å². The van der Waals surface area contributed by atoms with Crippen molar-refractivity contribution in [3.63, 3.8) is 0 Å². The molecule has 0 radical (unpaired) electrons. The number of hydrogen-bond acceptors (Lipinski definition) is 5. The van der Waals surface area contributed by atoms with Crippen LogP contribution in [0.3, 0.4) is 0 Å². The molecule has 9 heteroatoms. The molecule has 2 aliphatic rings. The van der Waals surface area contributed by atoms with Gasteiger partial charge in [0.1, 0.15) is 5.69 Å². The van der Waals surface area contributed by atoms with Crippen molar-refractivity contribution in [1.82, 2.24) is 9.88 Å². The molecule has 1 unspecified atom stereocenters. The number of nitrogens with zero attached hydrogens (tertiary/aromatic N) is 3. The molecule has 1 atom stereocenters. The molecule has 0 spiro atoms. The van der Waals surface area contributed by atoms with Crippen LogP contribution < -0.4 is 5.73 Å². The molecule has 21 heavy (non-hydrogen) atoms. The van der Waals surface area contributed by atoms with Crippen LogP contribution in [0.2, 0.25) is 0 Å². The second-order valence-corrected chi connectivity index (χ2v) is 4.61. The van der Waals surface area contributed by atoms with Crippen molar-refractivity contribution < 1.29 is 18.7 Å². The van der Waals surface area contributed by atoms with E-state index >= 15 is 0 Å². The first-order chi connectivity index (χ1) is 8.87. The number of fused-ring (bicyclic) bond motifs is 3. The molecule has 1 saturated heterocycles. The molecule has 3 rings (SSSR count). The van der Waals surface area contributed by atoms with Crippen molar-refractivity contribution >= 4 is 17.6 Å². The first-order valence-corrected chi connectivity index (χ1v) is 5.59. The average molecular weight is 530 g/mol. The molecule has 0 amide bonds. The second kappa shape index (κ2) is 4.69. The van der Waals surface area contributed by atoms with Crippen LogP contribution in [0.1, 0.15) is 28.5 Å². The van der Waals surface area contributed by atoms with Gasteiger partial charge in [-0.1, -0.05) is 0 Å². The summed E-state index contributed by atoms with van der Waals surface area (Å²) in [4.78, 5) is 19.9. The monoisotopic (exact) mass is 526 g/mol. The molecule has 3 N–H and O–H groups in total. The normalized spacial score (nSPS) is 21.3. The van der Waals surface area contributed by atoms with E-state index in [0.717, 1.165) is 0 Å². The Morgan fingerprint density at radius 3 is 2.81 bits per heavy atom. The summed E-state index contributed by atoms with van der Waals surface area (Å²) < 4.78 is 27.0. The molecule has 1 fully saturated rings. The number of guanidine groups is 1. The van der Waals surface area contributed by atoms with Gasteiger partial charge in [0.05, 0.1) is 24.5 Å². The van der Waals surface area contributed by atoms with Gasteiger partial charge in [0, 0.05) is 12.0 Å². The van der Waals surface area contributed by atoms with Crippen LogP contribution in [0, 0.1) is 7.43 Å². The molecule has 0 aliphatic carbocycles. The van der Waals surface area contributed by atoms with E-state index in [1.54, 1.807) is 0 Å². The maximum atomic E-state index is 13.5. The van der Waals surface area contributed by atoms with Crippen LogP contribution >= 0.6 is 0 Å². The van der Waals surface area contributed by atoms with E-state index in [9.17, 15) is 13.6 Å². The molecule has 3 heterocycles. The molecule has 1 aromatic rings. The first kappa shape index (κ1) is 15.8. The van der Waals surface area contributed by atoms with E-state index in [-0.39, 0.29) is 19.1 Å². The number of alkyl halides is 2. The first-order valence-electron chi connectivity index (χ1n) is 5.59. The third kappa shape index (κ3) is 2.31. The maximum Gasteiger partial charge on any atom is 0.354 e. The number of rotatable bonds is 1. The van der Waals surface area contributed by atoms with Gasteiger partial charge in [0.25, 0.3) is 5.92 Å². The Labute approximate surface area is 113 Å². The van der Waals surface area contributed by atoms with E-state index in [2.05, 4.69) is 9.98 Å². The largest absolute Gasteiger partial charge is 0.477 e. The van der Waals surface area contributed by atoms with Crippen LogP contribution in [0.4, 0.5) is 14.5 Å². The van der Waals surface area contributed by atoms with Crippen molar-refractivity contribution in [3.05, 3.63) is 30.9 Å². The molecule has 6 nitrogen and oxygen atoms in total. The fourth-order valence-corrected chi connectivity index (χ4v) is 2.46. The molecule has 0 aromatic carbocycles. The SMILES string of the molecule is NC1=Nc2cnc(C(=O)O)cc2C2CC(F)(F)CN12.[CH3-].[Cm]. The summed E-state index contributed by atoms with van der Waals surface area (Å²) in [7, 11) is 0. The van der Waals surface area contributed by atoms with Gasteiger partial charge in [-0.25, -0.2) is 23.6 Å². The van der Waals surface area contributed by atoms with Crippen molar-refractivity contribution in [3.8, 4) is 0 Å². The topological polar surface area (TPSA) is 91.8 Å². The summed E-state index contributed by atoms with van der Waals surface area (Å²) in [6.07, 6.45) is 0.846. The summed E-state index contributed by atoms with van der Waals surface area (Å²) in [5.41, 5.74) is 6.24. The number of carbonyl (C=O) groups is 1. The zero-order chi connectivity index (χ0) is 13.8. The van der Waals surface area contributed by atoms with Crippen LogP contribution in [-0.4, -0.2) is 39.4 Å². The molecule has 2 aliphatic heterocycles. The number of aliphatic imine (C=N–C) groups is 1. The predicted octanol–water partition coefficient (Wildman–Crippen LogP) is 1.57. The standard InChI is InChI=1S/C11H10F2N4O2.CH3.Cm/c12-11(13)2-8-5-1-6(9(18)19)15-3-7(5)16-10(14)17(8)4-11;;/h1,3,8H,2,4H2,(H2,14,16)(H,18,19);1H3;/q;-1;. The Balaban J connectivity index is 0.00000110. The molecule has 1 aromatic heterocycles. The number of aromatic carboxylic acids is 1. The summed E-state index contributed by atoms with van der Waals surface area (Å²) in [6.45, 7) is -0.503. The number of halogens is 2. The number of carboxylic acids is 1. The Bertz CT molecular complexity index is 609. The quantitative estimate of drug-likeness (QED) is 0.539. The third-order valence-electron chi connectivity index (χ3n) is 3.29. The Morgan fingerprint density at radius 2 is 2.19 bits per heavy atom. The van der Waals surface area contributed by atoms with Crippen LogP contribution in [0.5, 0.6) is 0 Å². The summed E-state index contributed by atoms with van der Waals surface area (Å²) in [6, 6.07) is 0.635. The average Bonchev–Trinajstić information content (AvgIpc) is 2.65. The molecular weight excluding hydrogens is 517 g/mol. The van der Waals surface area contributed by atoms with Crippen molar-refractivity contribution in [1.29, 1.82) is 0 Å². The minimum absolute atomic E-state index is 0. The smallest absolute Gasteiger partial charge is 0.354 e. The maximum absolute atomic E-state index is 13.5. The fourth-order valence-electron chi connectivity index (χ4n) is 2.46. The van der Waals surface area contributed by atoms with E-state index in [4.69, 9.17) is 10.8 Å². The Morgan fingerprint density at radius 1 is 1.52 bits per heavy atom. The predicted molar refractivity (Wildman–Crippen MR) is 67.9 cm³/mol. The fraction of sp³-hybridized carbons (Fsp3) is 0.333. The van der Waals surface area contributed by atoms with E-state index in [1.807, 2.05) is 0 Å². The molecular formula is C12H13CmF2N4O2-. The summed E-state index contributed by atoms with van der Waals surface area (Å²) in [5, 5.41) is 8.90. The summed E-state index contributed by atoms with van der Waals surface area (Å²) in [5.74, 6) is -4.06. The number of nitrogens with two attached hydrogens (primary N) is 1. The van der Waals surface area contributed by atoms with Gasteiger partial charge in [-0.05, 0) is 6.07 Å². The van der Waals surface area contributed by atoms with Gasteiger partial charge >= 0.3 is 5.97 Å². The third-order valence-corrected chi connectivity index (χ3v) is 3.29. The minimum atomic E-state index is -2.86. The van der Waals surface area contributed by atoms with E-state index < -0.39 is 30.9 Å². The van der Waals surface area contributed by atoms with E-state index in [1.165, 1.54) is 17.2 Å². The Kier molecular flexibility index (Phi) is 3.53. The number of hydrogen-bond donors (Lipinski definition) is 2. The number of aromatic nitrogens is 1. The zero-order valence-electron chi connectivity index (χ0n) is 11.0. The van der Waals surface area contributed by atoms with E-state index in [0.29, 0.717) is 11.3 Å². The molecule has 0 bridgehead atoms. The van der Waals surface area contributed by atoms with Gasteiger partial charge < -0.3 is 23.2 Å². The second-order valence-electron chi connectivity index (χ2n) is 4.61. The van der Waals surface area contributed by atoms with Crippen LogP contribution in [0.25, 0.3) is 0 Å².